The number of hydrogen-bond acceptors (Lipinski definition) is 6. The average molecular weight is 507 g/mol. The van der Waals surface area contributed by atoms with E-state index in [1.54, 1.807) is 48.7 Å². The van der Waals surface area contributed by atoms with Crippen LogP contribution in [0, 0.1) is 11.6 Å². The summed E-state index contributed by atoms with van der Waals surface area (Å²) in [6, 6.07) is 15.1. The van der Waals surface area contributed by atoms with Crippen molar-refractivity contribution in [2.75, 3.05) is 12.4 Å². The Labute approximate surface area is 211 Å². The molecule has 2 heterocycles. The molecule has 9 heteroatoms. The van der Waals surface area contributed by atoms with E-state index in [0.29, 0.717) is 44.6 Å². The SMILES string of the molecule is C.COC(=O)c1ccc(Nc2ncc3c(n2)-c2ccc(Cl)cc2C(c2cc(F)ccc2F)=NC3)cc1. The smallest absolute Gasteiger partial charge is 0.337 e. The topological polar surface area (TPSA) is 76.5 Å². The Morgan fingerprint density at radius 1 is 1.00 bits per heavy atom. The zero-order valence-corrected chi connectivity index (χ0v) is 19.1. The second kappa shape index (κ2) is 10.2. The molecular weight excluding hydrogens is 486 g/mol. The first-order valence-electron chi connectivity index (χ1n) is 10.5. The molecule has 0 unspecified atom stereocenters. The van der Waals surface area contributed by atoms with E-state index in [9.17, 15) is 13.6 Å². The zero-order chi connectivity index (χ0) is 24.5. The van der Waals surface area contributed by atoms with Crippen molar-refractivity contribution in [2.45, 2.75) is 14.0 Å². The second-order valence-corrected chi connectivity index (χ2v) is 8.18. The number of fused-ring (bicyclic) bond motifs is 3. The molecule has 0 bridgehead atoms. The normalized spacial score (nSPS) is 11.8. The molecule has 0 saturated heterocycles. The van der Waals surface area contributed by atoms with Gasteiger partial charge in [0.25, 0.3) is 0 Å². The molecule has 1 N–H and O–H groups in total. The van der Waals surface area contributed by atoms with Crippen molar-refractivity contribution in [1.82, 2.24) is 9.97 Å². The molecule has 5 rings (SSSR count). The van der Waals surface area contributed by atoms with E-state index in [0.717, 1.165) is 18.2 Å². The molecular formula is C27H21ClF2N4O2. The van der Waals surface area contributed by atoms with E-state index in [1.165, 1.54) is 7.11 Å². The Kier molecular flexibility index (Phi) is 7.07. The minimum atomic E-state index is -0.592. The Balaban J connectivity index is 0.00000304. The summed E-state index contributed by atoms with van der Waals surface area (Å²) in [4.78, 5) is 25.3. The Morgan fingerprint density at radius 3 is 2.53 bits per heavy atom. The maximum absolute atomic E-state index is 14.7. The fourth-order valence-electron chi connectivity index (χ4n) is 3.83. The van der Waals surface area contributed by atoms with Crippen LogP contribution in [0.3, 0.4) is 0 Å². The molecule has 0 radical (unpaired) electrons. The fraction of sp³-hybridized carbons (Fsp3) is 0.111. The standard InChI is InChI=1S/C26H17ClF2N4O2.CH4/c1-35-25(34)14-2-6-18(7-3-14)32-26-31-13-15-12-30-24(21-11-17(28)5-9-22(21)29)20-10-16(27)4-8-19(20)23(15)33-26;/h2-11,13H,12H2,1H3,(H,31,32,33);1H4. The van der Waals surface area contributed by atoms with Crippen molar-refractivity contribution < 1.29 is 18.3 Å². The Morgan fingerprint density at radius 2 is 1.78 bits per heavy atom. The largest absolute Gasteiger partial charge is 0.465 e. The van der Waals surface area contributed by atoms with Crippen LogP contribution in [0.25, 0.3) is 11.3 Å². The Bertz CT molecular complexity index is 1490. The number of rotatable bonds is 4. The summed E-state index contributed by atoms with van der Waals surface area (Å²) in [6.45, 7) is 0.168. The van der Waals surface area contributed by atoms with Crippen LogP contribution in [0.5, 0.6) is 0 Å². The van der Waals surface area contributed by atoms with Gasteiger partial charge in [0.15, 0.2) is 0 Å². The van der Waals surface area contributed by atoms with Crippen LogP contribution in [0.1, 0.15) is 34.5 Å². The summed E-state index contributed by atoms with van der Waals surface area (Å²) in [5.41, 5.74) is 3.91. The number of benzene rings is 3. The first-order valence-corrected chi connectivity index (χ1v) is 10.9. The number of nitrogens with zero attached hydrogens (tertiary/aromatic N) is 3. The number of nitrogens with one attached hydrogen (secondary N) is 1. The first kappa shape index (κ1) is 24.9. The molecule has 4 aromatic rings. The van der Waals surface area contributed by atoms with Crippen molar-refractivity contribution in [2.24, 2.45) is 4.99 Å². The number of anilines is 2. The van der Waals surface area contributed by atoms with Gasteiger partial charge in [0.2, 0.25) is 5.95 Å². The molecule has 0 aliphatic carbocycles. The van der Waals surface area contributed by atoms with Crippen LogP contribution < -0.4 is 5.32 Å². The van der Waals surface area contributed by atoms with Crippen molar-refractivity contribution >= 4 is 34.9 Å². The predicted octanol–water partition coefficient (Wildman–Crippen LogP) is 6.59. The van der Waals surface area contributed by atoms with Gasteiger partial charge in [-0.25, -0.2) is 23.5 Å². The van der Waals surface area contributed by atoms with E-state index in [-0.39, 0.29) is 25.2 Å². The van der Waals surface area contributed by atoms with Crippen LogP contribution in [0.4, 0.5) is 20.4 Å². The number of aliphatic imine (C=N–C) groups is 1. The third-order valence-electron chi connectivity index (χ3n) is 5.51. The van der Waals surface area contributed by atoms with Gasteiger partial charge in [-0.2, -0.15) is 0 Å². The summed E-state index contributed by atoms with van der Waals surface area (Å²) in [5.74, 6) is -1.28. The van der Waals surface area contributed by atoms with Gasteiger partial charge in [0.05, 0.1) is 30.6 Å². The number of ether oxygens (including phenoxy) is 1. The number of carbonyl (C=O) groups is 1. The van der Waals surface area contributed by atoms with Gasteiger partial charge in [-0.05, 0) is 54.6 Å². The van der Waals surface area contributed by atoms with Crippen molar-refractivity contribution in [1.29, 1.82) is 0 Å². The quantitative estimate of drug-likeness (QED) is 0.316. The highest BCUT2D eigenvalue weighted by molar-refractivity contribution is 6.31. The predicted molar refractivity (Wildman–Crippen MR) is 136 cm³/mol. The maximum atomic E-state index is 14.7. The molecule has 36 heavy (non-hydrogen) atoms. The summed E-state index contributed by atoms with van der Waals surface area (Å²) >= 11 is 6.26. The number of aromatic nitrogens is 2. The van der Waals surface area contributed by atoms with Crippen molar-refractivity contribution in [3.8, 4) is 11.3 Å². The number of carbonyl (C=O) groups excluding carboxylic acids is 1. The fourth-order valence-corrected chi connectivity index (χ4v) is 4.00. The molecule has 1 aromatic heterocycles. The molecule has 0 spiro atoms. The van der Waals surface area contributed by atoms with Gasteiger partial charge in [0.1, 0.15) is 11.6 Å². The lowest BCUT2D eigenvalue weighted by atomic mass is 9.95. The number of halogens is 3. The molecule has 0 fully saturated rings. The van der Waals surface area contributed by atoms with E-state index in [2.05, 4.69) is 20.3 Å². The lowest BCUT2D eigenvalue weighted by Crippen LogP contribution is -2.08. The van der Waals surface area contributed by atoms with Crippen LogP contribution in [-0.2, 0) is 11.3 Å². The summed E-state index contributed by atoms with van der Waals surface area (Å²) in [7, 11) is 1.32. The van der Waals surface area contributed by atoms with Crippen LogP contribution in [0.2, 0.25) is 5.02 Å². The van der Waals surface area contributed by atoms with Gasteiger partial charge in [-0.15, -0.1) is 0 Å². The van der Waals surface area contributed by atoms with Gasteiger partial charge < -0.3 is 10.1 Å². The molecule has 0 atom stereocenters. The average Bonchev–Trinajstić information content (AvgIpc) is 3.02. The third-order valence-corrected chi connectivity index (χ3v) is 5.74. The molecule has 0 amide bonds. The van der Waals surface area contributed by atoms with E-state index in [1.807, 2.05) is 0 Å². The first-order chi connectivity index (χ1) is 16.9. The third kappa shape index (κ3) is 4.81. The minimum Gasteiger partial charge on any atom is -0.465 e. The summed E-state index contributed by atoms with van der Waals surface area (Å²) in [6.07, 6.45) is 1.64. The maximum Gasteiger partial charge on any atom is 0.337 e. The lowest BCUT2D eigenvalue weighted by Gasteiger charge is -2.13. The van der Waals surface area contributed by atoms with Crippen LogP contribution >= 0.6 is 11.6 Å². The number of hydrogen-bond donors (Lipinski definition) is 1. The number of esters is 1. The molecule has 3 aromatic carbocycles. The molecule has 6 nitrogen and oxygen atoms in total. The lowest BCUT2D eigenvalue weighted by molar-refractivity contribution is 0.0600. The highest BCUT2D eigenvalue weighted by atomic mass is 35.5. The highest BCUT2D eigenvalue weighted by Gasteiger charge is 2.23. The molecule has 182 valence electrons. The van der Waals surface area contributed by atoms with Gasteiger partial charge in [-0.1, -0.05) is 25.1 Å². The van der Waals surface area contributed by atoms with Gasteiger partial charge in [0, 0.05) is 39.2 Å². The number of methoxy groups -OCH3 is 1. The second-order valence-electron chi connectivity index (χ2n) is 7.74. The molecule has 1 aliphatic heterocycles. The molecule has 0 saturated carbocycles. The summed E-state index contributed by atoms with van der Waals surface area (Å²) < 4.78 is 33.4. The van der Waals surface area contributed by atoms with Gasteiger partial charge >= 0.3 is 5.97 Å². The monoisotopic (exact) mass is 506 g/mol. The van der Waals surface area contributed by atoms with Crippen molar-refractivity contribution in [3.05, 3.63) is 106 Å². The zero-order valence-electron chi connectivity index (χ0n) is 18.3. The van der Waals surface area contributed by atoms with Crippen molar-refractivity contribution in [3.63, 3.8) is 0 Å². The minimum absolute atomic E-state index is 0. The van der Waals surface area contributed by atoms with E-state index in [4.69, 9.17) is 16.3 Å². The Hall–Kier alpha value is -4.17. The molecule has 1 aliphatic rings. The van der Waals surface area contributed by atoms with E-state index < -0.39 is 17.6 Å². The van der Waals surface area contributed by atoms with Gasteiger partial charge in [-0.3, -0.25) is 4.99 Å². The van der Waals surface area contributed by atoms with Crippen LogP contribution in [-0.4, -0.2) is 28.8 Å². The van der Waals surface area contributed by atoms with Crippen LogP contribution in [0.15, 0.2) is 71.9 Å². The summed E-state index contributed by atoms with van der Waals surface area (Å²) in [5, 5.41) is 3.54. The highest BCUT2D eigenvalue weighted by Crippen LogP contribution is 2.34. The van der Waals surface area contributed by atoms with E-state index >= 15 is 0 Å².